The third kappa shape index (κ3) is 1.83. The van der Waals surface area contributed by atoms with Crippen LogP contribution in [0.15, 0.2) is 16.2 Å². The van der Waals surface area contributed by atoms with Gasteiger partial charge in [-0.05, 0) is 6.92 Å². The predicted molar refractivity (Wildman–Crippen MR) is 45.1 cm³/mol. The lowest BCUT2D eigenvalue weighted by atomic mass is 10.7. The molecule has 0 amide bonds. The Morgan fingerprint density at radius 2 is 2.33 bits per heavy atom. The van der Waals surface area contributed by atoms with Gasteiger partial charge in [-0.1, -0.05) is 0 Å². The van der Waals surface area contributed by atoms with Gasteiger partial charge in [0.05, 0.1) is 5.41 Å². The molecule has 5 nitrogen and oxygen atoms in total. The summed E-state index contributed by atoms with van der Waals surface area (Å²) in [7, 11) is -3.37. The molecule has 0 saturated heterocycles. The van der Waals surface area contributed by atoms with Crippen LogP contribution in [0.3, 0.4) is 0 Å². The Hall–Kier alpha value is -0.880. The second kappa shape index (κ2) is 3.24. The van der Waals surface area contributed by atoms with Gasteiger partial charge in [-0.3, -0.25) is 0 Å². The van der Waals surface area contributed by atoms with Gasteiger partial charge in [0.2, 0.25) is 9.84 Å². The number of hydrogen-bond donors (Lipinski definition) is 1. The van der Waals surface area contributed by atoms with Gasteiger partial charge < -0.3 is 10.5 Å². The molecule has 0 spiro atoms. The Bertz CT molecular complexity index is 329. The van der Waals surface area contributed by atoms with Crippen molar-refractivity contribution < 1.29 is 13.2 Å². The van der Waals surface area contributed by atoms with Crippen molar-refractivity contribution in [1.82, 2.24) is 0 Å². The first-order chi connectivity index (χ1) is 5.56. The van der Waals surface area contributed by atoms with Crippen LogP contribution in [-0.2, 0) is 14.6 Å². The Kier molecular flexibility index (Phi) is 2.49. The fraction of sp³-hybridized carbons (Fsp3) is 0.500. The monoisotopic (exact) mass is 190 g/mol. The first kappa shape index (κ1) is 9.21. The topological polar surface area (TPSA) is 81.8 Å². The highest BCUT2D eigenvalue weighted by molar-refractivity contribution is 8.09. The molecule has 0 saturated carbocycles. The van der Waals surface area contributed by atoms with Crippen molar-refractivity contribution in [2.75, 3.05) is 13.2 Å². The number of ether oxygens (including phenoxy) is 1. The van der Waals surface area contributed by atoms with Crippen LogP contribution in [0.2, 0.25) is 0 Å². The van der Waals surface area contributed by atoms with Gasteiger partial charge in [0, 0.05) is 6.61 Å². The maximum Gasteiger partial charge on any atom is 0.219 e. The van der Waals surface area contributed by atoms with E-state index in [1.165, 1.54) is 0 Å². The molecule has 0 aromatic carbocycles. The quantitative estimate of drug-likeness (QED) is 0.657. The van der Waals surface area contributed by atoms with Crippen molar-refractivity contribution in [2.24, 2.45) is 10.7 Å². The molecule has 0 bridgehead atoms. The van der Waals surface area contributed by atoms with E-state index in [0.717, 1.165) is 5.41 Å². The SMILES string of the molecule is CCOCC1=NC(N)=CS1(=O)=O. The van der Waals surface area contributed by atoms with Gasteiger partial charge in [0.1, 0.15) is 12.4 Å². The Balaban J connectivity index is 2.76. The molecule has 0 aromatic rings. The van der Waals surface area contributed by atoms with Crippen LogP contribution in [0.25, 0.3) is 0 Å². The van der Waals surface area contributed by atoms with Gasteiger partial charge >= 0.3 is 0 Å². The number of sulfone groups is 1. The summed E-state index contributed by atoms with van der Waals surface area (Å²) in [4.78, 5) is 3.62. The molecule has 1 aliphatic rings. The number of rotatable bonds is 3. The maximum absolute atomic E-state index is 11.1. The molecular weight excluding hydrogens is 180 g/mol. The van der Waals surface area contributed by atoms with E-state index in [4.69, 9.17) is 10.5 Å². The molecule has 6 heteroatoms. The van der Waals surface area contributed by atoms with Crippen LogP contribution < -0.4 is 5.73 Å². The fourth-order valence-corrected chi connectivity index (χ4v) is 1.75. The summed E-state index contributed by atoms with van der Waals surface area (Å²) < 4.78 is 27.1. The minimum Gasteiger partial charge on any atom is -0.383 e. The lowest BCUT2D eigenvalue weighted by Gasteiger charge is -1.98. The average Bonchev–Trinajstić information content (AvgIpc) is 2.20. The highest BCUT2D eigenvalue weighted by Gasteiger charge is 2.23. The molecule has 1 heterocycles. The average molecular weight is 190 g/mol. The molecule has 0 radical (unpaired) electrons. The predicted octanol–water partition coefficient (Wildman–Crippen LogP) is -0.393. The molecular formula is C6H10N2O3S. The summed E-state index contributed by atoms with van der Waals surface area (Å²) in [6.45, 7) is 2.23. The number of nitrogens with zero attached hydrogens (tertiary/aromatic N) is 1. The molecule has 0 aliphatic carbocycles. The van der Waals surface area contributed by atoms with Crippen molar-refractivity contribution in [3.8, 4) is 0 Å². The van der Waals surface area contributed by atoms with E-state index in [2.05, 4.69) is 4.99 Å². The summed E-state index contributed by atoms with van der Waals surface area (Å²) in [6.07, 6.45) is 0. The van der Waals surface area contributed by atoms with Crippen molar-refractivity contribution >= 4 is 14.9 Å². The van der Waals surface area contributed by atoms with E-state index in [1.807, 2.05) is 0 Å². The summed E-state index contributed by atoms with van der Waals surface area (Å²) in [6, 6.07) is 0. The van der Waals surface area contributed by atoms with Crippen LogP contribution in [0.4, 0.5) is 0 Å². The first-order valence-electron chi connectivity index (χ1n) is 3.44. The molecule has 1 rings (SSSR count). The lowest BCUT2D eigenvalue weighted by Crippen LogP contribution is -2.15. The summed E-state index contributed by atoms with van der Waals surface area (Å²) in [5.41, 5.74) is 5.21. The first-order valence-corrected chi connectivity index (χ1v) is 4.98. The van der Waals surface area contributed by atoms with E-state index < -0.39 is 9.84 Å². The standard InChI is InChI=1S/C6H10N2O3S/c1-2-11-3-6-8-5(7)4-12(6,9)10/h4H,2-3,7H2,1H3. The van der Waals surface area contributed by atoms with E-state index in [0.29, 0.717) is 6.61 Å². The third-order valence-electron chi connectivity index (χ3n) is 1.29. The van der Waals surface area contributed by atoms with E-state index in [1.54, 1.807) is 6.92 Å². The van der Waals surface area contributed by atoms with E-state index in [9.17, 15) is 8.42 Å². The fourth-order valence-electron chi connectivity index (χ4n) is 0.765. The zero-order valence-corrected chi connectivity index (χ0v) is 7.47. The highest BCUT2D eigenvalue weighted by atomic mass is 32.2. The summed E-state index contributed by atoms with van der Waals surface area (Å²) in [5.74, 6) is 0.0182. The second-order valence-corrected chi connectivity index (χ2v) is 4.03. The van der Waals surface area contributed by atoms with Crippen LogP contribution in [0.5, 0.6) is 0 Å². The molecule has 0 atom stereocenters. The van der Waals surface area contributed by atoms with Gasteiger partial charge in [-0.25, -0.2) is 13.4 Å². The van der Waals surface area contributed by atoms with E-state index >= 15 is 0 Å². The van der Waals surface area contributed by atoms with Crippen molar-refractivity contribution in [3.63, 3.8) is 0 Å². The van der Waals surface area contributed by atoms with Crippen molar-refractivity contribution in [1.29, 1.82) is 0 Å². The zero-order valence-electron chi connectivity index (χ0n) is 6.65. The normalized spacial score (nSPS) is 20.4. The number of hydrogen-bond acceptors (Lipinski definition) is 5. The van der Waals surface area contributed by atoms with Gasteiger partial charge in [-0.15, -0.1) is 0 Å². The molecule has 0 fully saturated rings. The zero-order chi connectivity index (χ0) is 9.19. The van der Waals surface area contributed by atoms with Gasteiger partial charge in [0.15, 0.2) is 5.04 Å². The Labute approximate surface area is 70.8 Å². The summed E-state index contributed by atoms with van der Waals surface area (Å²) in [5, 5.41) is 0.920. The van der Waals surface area contributed by atoms with E-state index in [-0.39, 0.29) is 17.5 Å². The molecule has 68 valence electrons. The van der Waals surface area contributed by atoms with Gasteiger partial charge in [0.25, 0.3) is 0 Å². The number of nitrogens with two attached hydrogens (primary N) is 1. The minimum absolute atomic E-state index is 0.00394. The molecule has 12 heavy (non-hydrogen) atoms. The highest BCUT2D eigenvalue weighted by Crippen LogP contribution is 2.10. The molecule has 0 unspecified atom stereocenters. The molecule has 0 aromatic heterocycles. The molecule has 2 N–H and O–H groups in total. The lowest BCUT2D eigenvalue weighted by molar-refractivity contribution is 0.189. The maximum atomic E-state index is 11.1. The summed E-state index contributed by atoms with van der Waals surface area (Å²) >= 11 is 0. The largest absolute Gasteiger partial charge is 0.383 e. The van der Waals surface area contributed by atoms with Crippen molar-refractivity contribution in [2.45, 2.75) is 6.92 Å². The van der Waals surface area contributed by atoms with Crippen LogP contribution in [0, 0.1) is 0 Å². The van der Waals surface area contributed by atoms with Gasteiger partial charge in [-0.2, -0.15) is 0 Å². The molecule has 1 aliphatic heterocycles. The number of aliphatic imine (C=N–C) groups is 1. The minimum atomic E-state index is -3.37. The van der Waals surface area contributed by atoms with Crippen LogP contribution in [0.1, 0.15) is 6.92 Å². The van der Waals surface area contributed by atoms with Crippen LogP contribution >= 0.6 is 0 Å². The van der Waals surface area contributed by atoms with Crippen molar-refractivity contribution in [3.05, 3.63) is 11.2 Å². The third-order valence-corrected chi connectivity index (χ3v) is 2.71. The van der Waals surface area contributed by atoms with Crippen LogP contribution in [-0.4, -0.2) is 26.7 Å². The Morgan fingerprint density at radius 3 is 2.75 bits per heavy atom. The Morgan fingerprint density at radius 1 is 1.67 bits per heavy atom. The smallest absolute Gasteiger partial charge is 0.219 e. The second-order valence-electron chi connectivity index (χ2n) is 2.23.